The van der Waals surface area contributed by atoms with Crippen molar-refractivity contribution in [3.05, 3.63) is 11.6 Å². The normalized spacial score (nSPS) is 46.8. The Bertz CT molecular complexity index is 254. The average molecular weight is 192 g/mol. The summed E-state index contributed by atoms with van der Waals surface area (Å²) in [5.41, 5.74) is 1.08. The molecule has 3 atom stereocenters. The maximum atomic E-state index is 10.6. The van der Waals surface area contributed by atoms with Crippen LogP contribution in [0.1, 0.15) is 51.4 Å². The number of rotatable bonds is 1. The van der Waals surface area contributed by atoms with Gasteiger partial charge in [0.1, 0.15) is 0 Å². The molecule has 0 aromatic carbocycles. The minimum Gasteiger partial charge on any atom is -0.385 e. The Morgan fingerprint density at radius 3 is 2.36 bits per heavy atom. The van der Waals surface area contributed by atoms with E-state index < -0.39 is 0 Å². The first kappa shape index (κ1) is 8.96. The highest BCUT2D eigenvalue weighted by Gasteiger charge is 2.65. The van der Waals surface area contributed by atoms with Gasteiger partial charge in [-0.1, -0.05) is 18.9 Å². The van der Waals surface area contributed by atoms with Crippen molar-refractivity contribution in [3.63, 3.8) is 0 Å². The zero-order valence-corrected chi connectivity index (χ0v) is 8.84. The number of fused-ring (bicyclic) bond motifs is 1. The summed E-state index contributed by atoms with van der Waals surface area (Å²) in [7, 11) is 0. The van der Waals surface area contributed by atoms with Gasteiger partial charge in [-0.05, 0) is 55.9 Å². The molecular formula is C13H20O. The third-order valence-electron chi connectivity index (χ3n) is 4.59. The monoisotopic (exact) mass is 192 g/mol. The highest BCUT2D eigenvalue weighted by molar-refractivity contribution is 5.33. The minimum atomic E-state index is -0.322. The van der Waals surface area contributed by atoms with Gasteiger partial charge in [0.2, 0.25) is 0 Å². The molecule has 0 heterocycles. The lowest BCUT2D eigenvalue weighted by atomic mass is 9.92. The van der Waals surface area contributed by atoms with Crippen LogP contribution in [0.2, 0.25) is 0 Å². The van der Waals surface area contributed by atoms with Gasteiger partial charge in [-0.2, -0.15) is 0 Å². The van der Waals surface area contributed by atoms with E-state index in [4.69, 9.17) is 0 Å². The van der Waals surface area contributed by atoms with Gasteiger partial charge >= 0.3 is 0 Å². The lowest BCUT2D eigenvalue weighted by molar-refractivity contribution is 0.150. The van der Waals surface area contributed by atoms with Crippen LogP contribution in [0.3, 0.4) is 0 Å². The Balaban J connectivity index is 1.81. The van der Waals surface area contributed by atoms with Gasteiger partial charge in [0.25, 0.3) is 0 Å². The molecule has 0 aromatic heterocycles. The second-order valence-corrected chi connectivity index (χ2v) is 5.30. The Morgan fingerprint density at radius 2 is 1.79 bits per heavy atom. The van der Waals surface area contributed by atoms with Crippen LogP contribution in [0.5, 0.6) is 0 Å². The first-order valence-electron chi connectivity index (χ1n) is 6.25. The molecule has 3 aliphatic rings. The van der Waals surface area contributed by atoms with Crippen LogP contribution in [-0.4, -0.2) is 10.7 Å². The van der Waals surface area contributed by atoms with E-state index in [-0.39, 0.29) is 5.60 Å². The second kappa shape index (κ2) is 3.10. The predicted molar refractivity (Wildman–Crippen MR) is 56.9 cm³/mol. The smallest absolute Gasteiger partial charge is 0.0920 e. The van der Waals surface area contributed by atoms with Gasteiger partial charge in [-0.25, -0.2) is 0 Å². The summed E-state index contributed by atoms with van der Waals surface area (Å²) in [4.78, 5) is 0. The summed E-state index contributed by atoms with van der Waals surface area (Å²) in [6.07, 6.45) is 12.6. The molecule has 0 bridgehead atoms. The highest BCUT2D eigenvalue weighted by atomic mass is 16.3. The average Bonchev–Trinajstić information content (AvgIpc) is 2.89. The molecular weight excluding hydrogens is 172 g/mol. The lowest BCUT2D eigenvalue weighted by Gasteiger charge is -2.19. The molecule has 78 valence electrons. The summed E-state index contributed by atoms with van der Waals surface area (Å²) in [5.74, 6) is 1.28. The van der Waals surface area contributed by atoms with Gasteiger partial charge in [-0.3, -0.25) is 0 Å². The molecule has 0 saturated heterocycles. The molecule has 0 radical (unpaired) electrons. The van der Waals surface area contributed by atoms with E-state index in [2.05, 4.69) is 6.08 Å². The van der Waals surface area contributed by atoms with E-state index in [0.29, 0.717) is 11.8 Å². The molecule has 0 amide bonds. The van der Waals surface area contributed by atoms with Crippen LogP contribution in [0.25, 0.3) is 0 Å². The Morgan fingerprint density at radius 1 is 1.07 bits per heavy atom. The fraction of sp³-hybridized carbons (Fsp3) is 0.846. The van der Waals surface area contributed by atoms with Crippen molar-refractivity contribution in [2.45, 2.75) is 57.0 Å². The second-order valence-electron chi connectivity index (χ2n) is 5.30. The number of hydrogen-bond donors (Lipinski definition) is 1. The fourth-order valence-electron chi connectivity index (χ4n) is 3.77. The third-order valence-corrected chi connectivity index (χ3v) is 4.59. The summed E-state index contributed by atoms with van der Waals surface area (Å²) >= 11 is 0. The number of aliphatic hydroxyl groups is 1. The lowest BCUT2D eigenvalue weighted by Crippen LogP contribution is -2.18. The molecule has 2 fully saturated rings. The van der Waals surface area contributed by atoms with Crippen LogP contribution in [0, 0.1) is 11.8 Å². The van der Waals surface area contributed by atoms with Crippen LogP contribution < -0.4 is 0 Å². The number of allylic oxidation sites excluding steroid dienone is 1. The molecule has 1 nitrogen and oxygen atoms in total. The summed E-state index contributed by atoms with van der Waals surface area (Å²) in [6, 6.07) is 0. The first-order valence-corrected chi connectivity index (χ1v) is 6.25. The van der Waals surface area contributed by atoms with E-state index in [1.807, 2.05) is 0 Å². The van der Waals surface area contributed by atoms with Crippen LogP contribution in [0.4, 0.5) is 0 Å². The van der Waals surface area contributed by atoms with Crippen LogP contribution in [-0.2, 0) is 0 Å². The van der Waals surface area contributed by atoms with E-state index in [9.17, 15) is 5.11 Å². The van der Waals surface area contributed by atoms with Crippen LogP contribution >= 0.6 is 0 Å². The van der Waals surface area contributed by atoms with Gasteiger partial charge in [0.05, 0.1) is 5.60 Å². The quantitative estimate of drug-likeness (QED) is 0.633. The fourth-order valence-corrected chi connectivity index (χ4v) is 3.77. The zero-order valence-electron chi connectivity index (χ0n) is 8.84. The largest absolute Gasteiger partial charge is 0.385 e. The molecule has 14 heavy (non-hydrogen) atoms. The molecule has 3 aliphatic carbocycles. The summed E-state index contributed by atoms with van der Waals surface area (Å²) in [5, 5.41) is 10.6. The molecule has 1 N–H and O–H groups in total. The van der Waals surface area contributed by atoms with Crippen molar-refractivity contribution >= 4 is 0 Å². The SMILES string of the molecule is OC1(C2=CCCCC2)[C@@H]2CCCC[C@@H]21. The van der Waals surface area contributed by atoms with Gasteiger partial charge in [0, 0.05) is 0 Å². The van der Waals surface area contributed by atoms with Crippen molar-refractivity contribution in [1.29, 1.82) is 0 Å². The number of hydrogen-bond acceptors (Lipinski definition) is 1. The molecule has 0 aliphatic heterocycles. The first-order chi connectivity index (χ1) is 6.83. The molecule has 1 unspecified atom stereocenters. The third kappa shape index (κ3) is 1.11. The molecule has 0 aromatic rings. The molecule has 1 heteroatoms. The Kier molecular flexibility index (Phi) is 1.98. The van der Waals surface area contributed by atoms with Gasteiger partial charge in [-0.15, -0.1) is 0 Å². The van der Waals surface area contributed by atoms with E-state index in [1.54, 1.807) is 0 Å². The standard InChI is InChI=1S/C13H20O/c14-13(10-6-2-1-3-7-10)11-8-4-5-9-12(11)13/h6,11-12,14H,1-5,7-9H2/t11-,12+,13?. The Labute approximate surface area is 86.2 Å². The van der Waals surface area contributed by atoms with Crippen molar-refractivity contribution < 1.29 is 5.11 Å². The molecule has 2 saturated carbocycles. The highest BCUT2D eigenvalue weighted by Crippen LogP contribution is 2.63. The van der Waals surface area contributed by atoms with Gasteiger partial charge < -0.3 is 5.11 Å². The van der Waals surface area contributed by atoms with Crippen molar-refractivity contribution in [1.82, 2.24) is 0 Å². The maximum absolute atomic E-state index is 10.6. The minimum absolute atomic E-state index is 0.322. The van der Waals surface area contributed by atoms with Gasteiger partial charge in [0.15, 0.2) is 0 Å². The summed E-state index contributed by atoms with van der Waals surface area (Å²) in [6.45, 7) is 0. The molecule has 3 rings (SSSR count). The van der Waals surface area contributed by atoms with E-state index in [0.717, 1.165) is 0 Å². The van der Waals surface area contributed by atoms with Crippen molar-refractivity contribution in [2.24, 2.45) is 11.8 Å². The molecule has 0 spiro atoms. The van der Waals surface area contributed by atoms with E-state index in [1.165, 1.54) is 56.9 Å². The topological polar surface area (TPSA) is 20.2 Å². The predicted octanol–water partition coefficient (Wildman–Crippen LogP) is 3.04. The van der Waals surface area contributed by atoms with Crippen molar-refractivity contribution in [2.75, 3.05) is 0 Å². The van der Waals surface area contributed by atoms with E-state index >= 15 is 0 Å². The maximum Gasteiger partial charge on any atom is 0.0920 e. The van der Waals surface area contributed by atoms with Crippen molar-refractivity contribution in [3.8, 4) is 0 Å². The summed E-state index contributed by atoms with van der Waals surface area (Å²) < 4.78 is 0. The van der Waals surface area contributed by atoms with Crippen LogP contribution in [0.15, 0.2) is 11.6 Å². The Hall–Kier alpha value is -0.300. The zero-order chi connectivity index (χ0) is 9.60.